The minimum Gasteiger partial charge on any atom is -0.508 e. The fraction of sp³-hybridized carbons (Fsp3) is 0.696. The summed E-state index contributed by atoms with van der Waals surface area (Å²) in [5.74, 6) is 0.456. The van der Waals surface area contributed by atoms with E-state index in [0.717, 1.165) is 50.5 Å². The number of aryl methyl sites for hydroxylation is 1. The molecule has 2 aliphatic rings. The van der Waals surface area contributed by atoms with Crippen molar-refractivity contribution in [2.45, 2.75) is 96.0 Å². The number of ether oxygens (including phenoxy) is 1. The van der Waals surface area contributed by atoms with Gasteiger partial charge in [-0.25, -0.2) is 0 Å². The van der Waals surface area contributed by atoms with Crippen LogP contribution in [0.25, 0.3) is 0 Å². The van der Waals surface area contributed by atoms with Gasteiger partial charge in [0, 0.05) is 5.56 Å². The molecule has 27 heavy (non-hydrogen) atoms. The Bertz CT molecular complexity index is 644. The monoisotopic (exact) mass is 374 g/mol. The third-order valence-corrected chi connectivity index (χ3v) is 6.59. The predicted octanol–water partition coefficient (Wildman–Crippen LogP) is 5.42. The maximum Gasteiger partial charge on any atom is 0.293 e. The maximum absolute atomic E-state index is 10.6. The normalized spacial score (nSPS) is 18.9. The highest BCUT2D eigenvalue weighted by atomic mass is 16.5. The van der Waals surface area contributed by atoms with Crippen LogP contribution in [-0.4, -0.2) is 22.3 Å². The number of carbonyl (C=O) groups excluding carboxylic acids is 1. The van der Waals surface area contributed by atoms with E-state index in [4.69, 9.17) is 4.74 Å². The topological polar surface area (TPSA) is 66.8 Å². The molecule has 2 saturated carbocycles. The Hall–Kier alpha value is -1.71. The quantitative estimate of drug-likeness (QED) is 0.357. The minimum atomic E-state index is -0.217. The van der Waals surface area contributed by atoms with E-state index in [0.29, 0.717) is 23.9 Å². The molecule has 0 amide bonds. The molecule has 1 aromatic carbocycles. The molecule has 2 fully saturated rings. The molecule has 3 rings (SSSR count). The third kappa shape index (κ3) is 5.63. The molecule has 0 saturated heterocycles. The minimum absolute atomic E-state index is 0.184. The SMILES string of the molecule is CC1(CCCCCc2ccc(O)c(CCCCC3(OC=O)CC3)c2O)CC1. The second-order valence-corrected chi connectivity index (χ2v) is 9.05. The smallest absolute Gasteiger partial charge is 0.293 e. The highest BCUT2D eigenvalue weighted by molar-refractivity contribution is 5.48. The molecule has 0 spiro atoms. The van der Waals surface area contributed by atoms with Gasteiger partial charge in [-0.15, -0.1) is 0 Å². The summed E-state index contributed by atoms with van der Waals surface area (Å²) in [7, 11) is 0. The molecule has 0 radical (unpaired) electrons. The summed E-state index contributed by atoms with van der Waals surface area (Å²) in [6.07, 6.45) is 13.7. The van der Waals surface area contributed by atoms with E-state index in [1.165, 1.54) is 32.1 Å². The number of benzene rings is 1. The number of unbranched alkanes of at least 4 members (excludes halogenated alkanes) is 3. The number of hydrogen-bond donors (Lipinski definition) is 2. The van der Waals surface area contributed by atoms with E-state index in [9.17, 15) is 15.0 Å². The molecule has 2 N–H and O–H groups in total. The largest absolute Gasteiger partial charge is 0.508 e. The average Bonchev–Trinajstić information content (AvgIpc) is 3.55. The van der Waals surface area contributed by atoms with E-state index >= 15 is 0 Å². The van der Waals surface area contributed by atoms with E-state index < -0.39 is 0 Å². The lowest BCUT2D eigenvalue weighted by molar-refractivity contribution is -0.135. The summed E-state index contributed by atoms with van der Waals surface area (Å²) in [5, 5.41) is 20.7. The molecule has 0 bridgehead atoms. The van der Waals surface area contributed by atoms with Crippen molar-refractivity contribution in [1.82, 2.24) is 0 Å². The predicted molar refractivity (Wildman–Crippen MR) is 106 cm³/mol. The van der Waals surface area contributed by atoms with Crippen LogP contribution in [0.4, 0.5) is 0 Å². The zero-order valence-electron chi connectivity index (χ0n) is 16.6. The van der Waals surface area contributed by atoms with Crippen LogP contribution in [0.2, 0.25) is 0 Å². The number of phenols is 2. The van der Waals surface area contributed by atoms with Crippen LogP contribution < -0.4 is 0 Å². The fourth-order valence-electron chi connectivity index (χ4n) is 4.05. The van der Waals surface area contributed by atoms with Crippen LogP contribution in [0.5, 0.6) is 11.5 Å². The van der Waals surface area contributed by atoms with Gasteiger partial charge in [-0.3, -0.25) is 4.79 Å². The molecule has 150 valence electrons. The molecule has 2 aliphatic carbocycles. The van der Waals surface area contributed by atoms with Crippen molar-refractivity contribution in [2.75, 3.05) is 0 Å². The van der Waals surface area contributed by atoms with Crippen molar-refractivity contribution in [3.05, 3.63) is 23.3 Å². The molecule has 0 aliphatic heterocycles. The van der Waals surface area contributed by atoms with Gasteiger partial charge in [0.1, 0.15) is 17.1 Å². The molecule has 4 heteroatoms. The van der Waals surface area contributed by atoms with Gasteiger partial charge in [-0.1, -0.05) is 25.8 Å². The van der Waals surface area contributed by atoms with Crippen LogP contribution in [0, 0.1) is 5.41 Å². The van der Waals surface area contributed by atoms with Gasteiger partial charge >= 0.3 is 0 Å². The first-order chi connectivity index (χ1) is 13.0. The van der Waals surface area contributed by atoms with Crippen molar-refractivity contribution in [3.8, 4) is 11.5 Å². The highest BCUT2D eigenvalue weighted by Gasteiger charge is 2.44. The van der Waals surface area contributed by atoms with Crippen LogP contribution in [0.15, 0.2) is 12.1 Å². The van der Waals surface area contributed by atoms with Gasteiger partial charge in [-0.2, -0.15) is 0 Å². The van der Waals surface area contributed by atoms with Crippen LogP contribution in [0.3, 0.4) is 0 Å². The van der Waals surface area contributed by atoms with E-state index in [-0.39, 0.29) is 17.1 Å². The lowest BCUT2D eigenvalue weighted by atomic mass is 9.96. The van der Waals surface area contributed by atoms with Crippen molar-refractivity contribution in [2.24, 2.45) is 5.41 Å². The van der Waals surface area contributed by atoms with E-state index in [1.54, 1.807) is 6.07 Å². The van der Waals surface area contributed by atoms with Gasteiger partial charge in [0.25, 0.3) is 6.47 Å². The summed E-state index contributed by atoms with van der Waals surface area (Å²) in [6, 6.07) is 3.57. The Morgan fingerprint density at radius 1 is 0.963 bits per heavy atom. The van der Waals surface area contributed by atoms with Gasteiger partial charge in [0.2, 0.25) is 0 Å². The van der Waals surface area contributed by atoms with Gasteiger partial charge < -0.3 is 14.9 Å². The summed E-state index contributed by atoms with van der Waals surface area (Å²) in [4.78, 5) is 10.5. The van der Waals surface area contributed by atoms with Gasteiger partial charge in [0.05, 0.1) is 0 Å². The fourth-order valence-corrected chi connectivity index (χ4v) is 4.05. The molecule has 0 atom stereocenters. The Balaban J connectivity index is 1.42. The average molecular weight is 375 g/mol. The number of carbonyl (C=O) groups is 1. The van der Waals surface area contributed by atoms with E-state index in [2.05, 4.69) is 6.92 Å². The van der Waals surface area contributed by atoms with Crippen LogP contribution in [-0.2, 0) is 22.4 Å². The maximum atomic E-state index is 10.6. The van der Waals surface area contributed by atoms with Crippen molar-refractivity contribution in [1.29, 1.82) is 0 Å². The summed E-state index contributed by atoms with van der Waals surface area (Å²) in [6.45, 7) is 2.93. The van der Waals surface area contributed by atoms with Crippen LogP contribution >= 0.6 is 0 Å². The standard InChI is InChI=1S/C23H34O4/c1-22(13-14-22)11-5-2-3-7-18-9-10-20(25)19(21(18)26)8-4-6-12-23(15-16-23)27-17-24/h9-10,17,25-26H,2-8,11-16H2,1H3. The molecule has 0 heterocycles. The molecule has 0 aromatic heterocycles. The molecule has 4 nitrogen and oxygen atoms in total. The third-order valence-electron chi connectivity index (χ3n) is 6.59. The second kappa shape index (κ2) is 8.53. The Labute approximate surface area is 162 Å². The van der Waals surface area contributed by atoms with Crippen molar-refractivity contribution in [3.63, 3.8) is 0 Å². The first-order valence-corrected chi connectivity index (χ1v) is 10.6. The lowest BCUT2D eigenvalue weighted by Gasteiger charge is -2.14. The zero-order chi connectivity index (χ0) is 19.3. The number of rotatable bonds is 13. The Morgan fingerprint density at radius 3 is 2.33 bits per heavy atom. The number of phenolic OH excluding ortho intramolecular Hbond substituents is 2. The Kier molecular flexibility index (Phi) is 6.33. The van der Waals surface area contributed by atoms with Crippen molar-refractivity contribution < 1.29 is 19.7 Å². The molecule has 0 unspecified atom stereocenters. The molecule has 1 aromatic rings. The van der Waals surface area contributed by atoms with Gasteiger partial charge in [0.15, 0.2) is 0 Å². The zero-order valence-corrected chi connectivity index (χ0v) is 16.6. The summed E-state index contributed by atoms with van der Waals surface area (Å²) < 4.78 is 5.17. The van der Waals surface area contributed by atoms with Crippen molar-refractivity contribution >= 4 is 6.47 Å². The summed E-state index contributed by atoms with van der Waals surface area (Å²) in [5.41, 5.74) is 2.03. The van der Waals surface area contributed by atoms with Gasteiger partial charge in [-0.05, 0) is 87.7 Å². The van der Waals surface area contributed by atoms with E-state index in [1.807, 2.05) is 6.07 Å². The number of aromatic hydroxyl groups is 2. The van der Waals surface area contributed by atoms with Crippen LogP contribution in [0.1, 0.15) is 88.7 Å². The molecular formula is C23H34O4. The molecular weight excluding hydrogens is 340 g/mol. The lowest BCUT2D eigenvalue weighted by Crippen LogP contribution is -2.12. The second-order valence-electron chi connectivity index (χ2n) is 9.05. The first kappa shape index (κ1) is 20.0. The number of hydrogen-bond acceptors (Lipinski definition) is 4. The Morgan fingerprint density at radius 2 is 1.67 bits per heavy atom. The summed E-state index contributed by atoms with van der Waals surface area (Å²) >= 11 is 0. The highest BCUT2D eigenvalue weighted by Crippen LogP contribution is 2.49. The first-order valence-electron chi connectivity index (χ1n) is 10.6.